The number of nitrogens with zero attached hydrogens (tertiary/aromatic N) is 1. The minimum Gasteiger partial charge on any atom is -0.382 e. The molecule has 7 heteroatoms. The molecule has 106 valence electrons. The average Bonchev–Trinajstić information content (AvgIpc) is 2.71. The number of thioether (sulfide) groups is 1. The maximum Gasteiger partial charge on any atom is 0.265 e. The van der Waals surface area contributed by atoms with Crippen LogP contribution in [0.4, 0.5) is 10.9 Å². The number of carbonyl (C=O) groups is 1. The Bertz CT molecular complexity index is 445. The second kappa shape index (κ2) is 6.47. The number of carbonyl (C=O) groups excluding carboxylic acids is 1. The molecule has 0 aromatic carbocycles. The Labute approximate surface area is 121 Å². The van der Waals surface area contributed by atoms with Crippen LogP contribution in [-0.2, 0) is 0 Å². The first-order chi connectivity index (χ1) is 9.10. The van der Waals surface area contributed by atoms with Crippen LogP contribution in [0.1, 0.15) is 35.9 Å². The standard InChI is InChI=1S/C12H20N4OS2/c1-7(18-2)6-14-11(17)9-10(13)16-12(19-9)15-8-4-3-5-8/h7-8H,3-6,13H2,1-2H3,(H,14,17)(H,15,16). The van der Waals surface area contributed by atoms with Gasteiger partial charge in [-0.3, -0.25) is 4.79 Å². The zero-order valence-electron chi connectivity index (χ0n) is 11.2. The summed E-state index contributed by atoms with van der Waals surface area (Å²) in [5.74, 6) is 0.193. The predicted octanol–water partition coefficient (Wildman–Crippen LogP) is 2.17. The van der Waals surface area contributed by atoms with Gasteiger partial charge in [-0.05, 0) is 25.5 Å². The fourth-order valence-corrected chi connectivity index (χ4v) is 2.81. The molecule has 1 aliphatic rings. The highest BCUT2D eigenvalue weighted by Gasteiger charge is 2.21. The molecule has 0 radical (unpaired) electrons. The molecule has 4 N–H and O–H groups in total. The minimum absolute atomic E-state index is 0.127. The Morgan fingerprint density at radius 1 is 1.63 bits per heavy atom. The number of hydrogen-bond donors (Lipinski definition) is 3. The number of nitrogens with two attached hydrogens (primary N) is 1. The third-order valence-electron chi connectivity index (χ3n) is 3.24. The topological polar surface area (TPSA) is 80.0 Å². The largest absolute Gasteiger partial charge is 0.382 e. The summed E-state index contributed by atoms with van der Waals surface area (Å²) in [6, 6.07) is 0.498. The predicted molar refractivity (Wildman–Crippen MR) is 83.1 cm³/mol. The van der Waals surface area contributed by atoms with Crippen molar-refractivity contribution in [2.75, 3.05) is 23.9 Å². The Hall–Kier alpha value is -0.950. The van der Waals surface area contributed by atoms with Gasteiger partial charge in [-0.25, -0.2) is 4.98 Å². The van der Waals surface area contributed by atoms with E-state index in [1.807, 2.05) is 6.26 Å². The van der Waals surface area contributed by atoms with Crippen LogP contribution in [0.2, 0.25) is 0 Å². The number of rotatable bonds is 6. The number of hydrogen-bond acceptors (Lipinski definition) is 6. The number of nitrogens with one attached hydrogen (secondary N) is 2. The first-order valence-corrected chi connectivity index (χ1v) is 8.54. The van der Waals surface area contributed by atoms with Gasteiger partial charge in [-0.1, -0.05) is 18.3 Å². The third kappa shape index (κ3) is 3.76. The minimum atomic E-state index is -0.127. The summed E-state index contributed by atoms with van der Waals surface area (Å²) in [5, 5.41) is 7.35. The zero-order valence-corrected chi connectivity index (χ0v) is 12.9. The number of amides is 1. The van der Waals surface area contributed by atoms with Gasteiger partial charge in [0.1, 0.15) is 10.7 Å². The third-order valence-corrected chi connectivity index (χ3v) is 5.22. The van der Waals surface area contributed by atoms with E-state index in [4.69, 9.17) is 5.73 Å². The summed E-state index contributed by atoms with van der Waals surface area (Å²) >= 11 is 3.06. The van der Waals surface area contributed by atoms with Crippen molar-refractivity contribution in [1.82, 2.24) is 10.3 Å². The molecule has 0 spiro atoms. The molecular formula is C12H20N4OS2. The van der Waals surface area contributed by atoms with Crippen molar-refractivity contribution < 1.29 is 4.79 Å². The summed E-state index contributed by atoms with van der Waals surface area (Å²) in [6.07, 6.45) is 5.63. The fraction of sp³-hybridized carbons (Fsp3) is 0.667. The second-order valence-corrected chi connectivity index (χ2v) is 7.04. The molecule has 19 heavy (non-hydrogen) atoms. The van der Waals surface area contributed by atoms with Crippen molar-refractivity contribution in [3.05, 3.63) is 4.88 Å². The lowest BCUT2D eigenvalue weighted by molar-refractivity contribution is 0.0959. The molecule has 1 aromatic heterocycles. The molecule has 1 heterocycles. The van der Waals surface area contributed by atoms with Gasteiger partial charge < -0.3 is 16.4 Å². The van der Waals surface area contributed by atoms with Crippen LogP contribution in [0.15, 0.2) is 0 Å². The van der Waals surface area contributed by atoms with E-state index in [2.05, 4.69) is 22.5 Å². The molecule has 1 amide bonds. The molecular weight excluding hydrogens is 280 g/mol. The quantitative estimate of drug-likeness (QED) is 0.750. The van der Waals surface area contributed by atoms with Gasteiger partial charge in [-0.15, -0.1) is 0 Å². The van der Waals surface area contributed by atoms with Gasteiger partial charge >= 0.3 is 0 Å². The van der Waals surface area contributed by atoms with Gasteiger partial charge in [0.25, 0.3) is 5.91 Å². The van der Waals surface area contributed by atoms with Gasteiger partial charge in [0.05, 0.1) is 0 Å². The van der Waals surface area contributed by atoms with E-state index in [9.17, 15) is 4.79 Å². The van der Waals surface area contributed by atoms with Crippen molar-refractivity contribution in [3.63, 3.8) is 0 Å². The Kier molecular flexibility index (Phi) is 4.93. The second-order valence-electron chi connectivity index (χ2n) is 4.76. The average molecular weight is 300 g/mol. The monoisotopic (exact) mass is 300 g/mol. The van der Waals surface area contributed by atoms with E-state index in [-0.39, 0.29) is 5.91 Å². The van der Waals surface area contributed by atoms with E-state index in [1.54, 1.807) is 11.8 Å². The number of thiazole rings is 1. The van der Waals surface area contributed by atoms with Crippen molar-refractivity contribution in [2.45, 2.75) is 37.5 Å². The Morgan fingerprint density at radius 2 is 2.37 bits per heavy atom. The van der Waals surface area contributed by atoms with E-state index in [0.717, 1.165) is 5.13 Å². The Morgan fingerprint density at radius 3 is 2.95 bits per heavy atom. The lowest BCUT2D eigenvalue weighted by Gasteiger charge is -2.25. The highest BCUT2D eigenvalue weighted by atomic mass is 32.2. The number of anilines is 2. The summed E-state index contributed by atoms with van der Waals surface area (Å²) in [6.45, 7) is 2.72. The van der Waals surface area contributed by atoms with Gasteiger partial charge in [0.2, 0.25) is 0 Å². The van der Waals surface area contributed by atoms with Gasteiger partial charge in [0.15, 0.2) is 5.13 Å². The molecule has 1 aliphatic carbocycles. The first-order valence-electron chi connectivity index (χ1n) is 6.44. The molecule has 1 atom stereocenters. The summed E-state index contributed by atoms with van der Waals surface area (Å²) in [7, 11) is 0. The van der Waals surface area contributed by atoms with Gasteiger partial charge in [-0.2, -0.15) is 11.8 Å². The van der Waals surface area contributed by atoms with Crippen molar-refractivity contribution in [2.24, 2.45) is 0 Å². The van der Waals surface area contributed by atoms with E-state index >= 15 is 0 Å². The summed E-state index contributed by atoms with van der Waals surface area (Å²) in [4.78, 5) is 16.7. The molecule has 1 aromatic rings. The maximum atomic E-state index is 12.0. The van der Waals surface area contributed by atoms with Gasteiger partial charge in [0, 0.05) is 17.8 Å². The first kappa shape index (κ1) is 14.5. The van der Waals surface area contributed by atoms with Crippen LogP contribution in [0.25, 0.3) is 0 Å². The van der Waals surface area contributed by atoms with Crippen LogP contribution >= 0.6 is 23.1 Å². The Balaban J connectivity index is 1.92. The highest BCUT2D eigenvalue weighted by Crippen LogP contribution is 2.29. The van der Waals surface area contributed by atoms with E-state index < -0.39 is 0 Å². The molecule has 1 fully saturated rings. The normalized spacial score (nSPS) is 16.7. The SMILES string of the molecule is CSC(C)CNC(=O)c1sc(NC2CCC2)nc1N. The lowest BCUT2D eigenvalue weighted by atomic mass is 9.93. The number of nitrogen functional groups attached to an aromatic ring is 1. The highest BCUT2D eigenvalue weighted by molar-refractivity contribution is 7.99. The molecule has 0 aliphatic heterocycles. The maximum absolute atomic E-state index is 12.0. The van der Waals surface area contributed by atoms with Crippen molar-refractivity contribution >= 4 is 40.0 Å². The van der Waals surface area contributed by atoms with Crippen LogP contribution < -0.4 is 16.4 Å². The smallest absolute Gasteiger partial charge is 0.265 e. The molecule has 2 rings (SSSR count). The summed E-state index contributed by atoms with van der Waals surface area (Å²) in [5.41, 5.74) is 5.81. The fourth-order valence-electron chi connectivity index (χ4n) is 1.68. The lowest BCUT2D eigenvalue weighted by Crippen LogP contribution is -2.29. The zero-order chi connectivity index (χ0) is 13.8. The molecule has 0 saturated heterocycles. The van der Waals surface area contributed by atoms with Crippen LogP contribution in [0, 0.1) is 0 Å². The molecule has 1 saturated carbocycles. The van der Waals surface area contributed by atoms with Crippen LogP contribution in [0.5, 0.6) is 0 Å². The summed E-state index contributed by atoms with van der Waals surface area (Å²) < 4.78 is 0. The van der Waals surface area contributed by atoms with Crippen molar-refractivity contribution in [3.8, 4) is 0 Å². The van der Waals surface area contributed by atoms with Crippen LogP contribution in [-0.4, -0.2) is 35.0 Å². The molecule has 5 nitrogen and oxygen atoms in total. The van der Waals surface area contributed by atoms with E-state index in [1.165, 1.54) is 30.6 Å². The molecule has 1 unspecified atom stereocenters. The molecule has 0 bridgehead atoms. The number of aromatic nitrogens is 1. The van der Waals surface area contributed by atoms with Crippen molar-refractivity contribution in [1.29, 1.82) is 0 Å². The van der Waals surface area contributed by atoms with Crippen LogP contribution in [0.3, 0.4) is 0 Å². The van der Waals surface area contributed by atoms with E-state index in [0.29, 0.717) is 28.5 Å².